The van der Waals surface area contributed by atoms with Crippen LogP contribution in [0, 0.1) is 12.8 Å². The Kier molecular flexibility index (Phi) is 7.10. The van der Waals surface area contributed by atoms with Crippen LogP contribution in [0.2, 0.25) is 0 Å². The average Bonchev–Trinajstić information content (AvgIpc) is 2.64. The second-order valence-electron chi connectivity index (χ2n) is 7.41. The zero-order valence-corrected chi connectivity index (χ0v) is 16.5. The number of guanidine groups is 1. The van der Waals surface area contributed by atoms with Crippen molar-refractivity contribution in [3.05, 3.63) is 35.4 Å². The molecule has 3 rings (SSSR count). The monoisotopic (exact) mass is 372 g/mol. The molecule has 6 heteroatoms. The van der Waals surface area contributed by atoms with E-state index in [0.717, 1.165) is 44.9 Å². The van der Waals surface area contributed by atoms with Crippen molar-refractivity contribution in [2.75, 3.05) is 39.8 Å². The summed E-state index contributed by atoms with van der Waals surface area (Å²) in [6, 6.07) is 8.40. The molecule has 148 valence electrons. The number of ether oxygens (including phenoxy) is 1. The van der Waals surface area contributed by atoms with Gasteiger partial charge in [0, 0.05) is 32.6 Å². The highest BCUT2D eigenvalue weighted by atomic mass is 16.5. The van der Waals surface area contributed by atoms with Gasteiger partial charge in [-0.3, -0.25) is 9.79 Å². The van der Waals surface area contributed by atoms with Crippen molar-refractivity contribution in [2.45, 2.75) is 38.7 Å². The summed E-state index contributed by atoms with van der Waals surface area (Å²) in [4.78, 5) is 18.5. The maximum atomic E-state index is 11.8. The van der Waals surface area contributed by atoms with Gasteiger partial charge in [0.05, 0.1) is 13.2 Å². The lowest BCUT2D eigenvalue weighted by atomic mass is 9.85. The molecule has 6 nitrogen and oxygen atoms in total. The molecular formula is C21H32N4O2. The number of amides is 1. The number of nitrogens with one attached hydrogen (secondary N) is 2. The predicted octanol–water partition coefficient (Wildman–Crippen LogP) is 2.25. The Morgan fingerprint density at radius 2 is 2.04 bits per heavy atom. The minimum atomic E-state index is 0.0697. The summed E-state index contributed by atoms with van der Waals surface area (Å²) in [5.41, 5.74) is 2.51. The van der Waals surface area contributed by atoms with Gasteiger partial charge in [-0.05, 0) is 37.3 Å². The van der Waals surface area contributed by atoms with Crippen LogP contribution in [0.5, 0.6) is 0 Å². The van der Waals surface area contributed by atoms with E-state index in [2.05, 4.69) is 51.7 Å². The fourth-order valence-corrected chi connectivity index (χ4v) is 3.63. The van der Waals surface area contributed by atoms with Crippen LogP contribution in [-0.4, -0.2) is 56.6 Å². The molecule has 0 bridgehead atoms. The molecule has 2 fully saturated rings. The molecule has 1 aliphatic carbocycles. The Hall–Kier alpha value is -2.08. The van der Waals surface area contributed by atoms with Crippen LogP contribution in [0.4, 0.5) is 0 Å². The van der Waals surface area contributed by atoms with Gasteiger partial charge in [-0.2, -0.15) is 0 Å². The quantitative estimate of drug-likeness (QED) is 0.457. The summed E-state index contributed by atoms with van der Waals surface area (Å²) < 4.78 is 6.01. The van der Waals surface area contributed by atoms with E-state index in [0.29, 0.717) is 13.2 Å². The molecule has 1 aromatic carbocycles. The third-order valence-corrected chi connectivity index (χ3v) is 5.52. The molecule has 1 saturated carbocycles. The number of carbonyl (C=O) groups excluding carboxylic acids is 1. The van der Waals surface area contributed by atoms with E-state index in [4.69, 9.17) is 4.74 Å². The maximum Gasteiger partial charge on any atom is 0.223 e. The molecule has 1 saturated heterocycles. The van der Waals surface area contributed by atoms with Crippen LogP contribution in [0.25, 0.3) is 0 Å². The van der Waals surface area contributed by atoms with E-state index in [-0.39, 0.29) is 17.9 Å². The van der Waals surface area contributed by atoms with Crippen LogP contribution in [-0.2, 0) is 9.53 Å². The van der Waals surface area contributed by atoms with Crippen LogP contribution in [0.15, 0.2) is 29.3 Å². The number of aliphatic imine (C=N–C) groups is 1. The first-order chi connectivity index (χ1) is 13.2. The third-order valence-electron chi connectivity index (χ3n) is 5.52. The van der Waals surface area contributed by atoms with E-state index in [1.54, 1.807) is 0 Å². The topological polar surface area (TPSA) is 66.0 Å². The summed E-state index contributed by atoms with van der Waals surface area (Å²) in [5.74, 6) is 1.39. The number of carbonyl (C=O) groups is 1. The van der Waals surface area contributed by atoms with E-state index in [1.807, 2.05) is 7.05 Å². The molecule has 27 heavy (non-hydrogen) atoms. The van der Waals surface area contributed by atoms with Crippen LogP contribution in [0.3, 0.4) is 0 Å². The Morgan fingerprint density at radius 3 is 2.74 bits per heavy atom. The predicted molar refractivity (Wildman–Crippen MR) is 108 cm³/mol. The molecule has 0 radical (unpaired) electrons. The summed E-state index contributed by atoms with van der Waals surface area (Å²) in [5, 5.41) is 6.46. The van der Waals surface area contributed by atoms with E-state index in [9.17, 15) is 4.79 Å². The number of morpholine rings is 1. The van der Waals surface area contributed by atoms with Gasteiger partial charge in [-0.1, -0.05) is 30.7 Å². The molecule has 0 aromatic heterocycles. The number of hydrogen-bond acceptors (Lipinski definition) is 3. The molecule has 2 N–H and O–H groups in total. The lowest BCUT2D eigenvalue weighted by Gasteiger charge is -2.35. The molecule has 1 heterocycles. The molecule has 0 spiro atoms. The molecule has 1 unspecified atom stereocenters. The minimum absolute atomic E-state index is 0.0697. The fraction of sp³-hybridized carbons (Fsp3) is 0.619. The highest BCUT2D eigenvalue weighted by Gasteiger charge is 2.26. The Labute approximate surface area is 162 Å². The lowest BCUT2D eigenvalue weighted by Crippen LogP contribution is -2.48. The van der Waals surface area contributed by atoms with Crippen molar-refractivity contribution >= 4 is 11.9 Å². The molecular weight excluding hydrogens is 340 g/mol. The number of aryl methyl sites for hydroxylation is 1. The van der Waals surface area contributed by atoms with Crippen molar-refractivity contribution < 1.29 is 9.53 Å². The number of benzene rings is 1. The standard InChI is InChI=1S/C21H32N4O2/c1-16-7-3-4-10-18(16)19-15-25(13-14-27-19)21(22-2)24-12-6-11-23-20(26)17-8-5-9-17/h3-4,7,10,17,19H,5-6,8-9,11-15H2,1-2H3,(H,22,24)(H,23,26). The summed E-state index contributed by atoms with van der Waals surface area (Å²) >= 11 is 0. The van der Waals surface area contributed by atoms with Gasteiger partial charge < -0.3 is 20.3 Å². The van der Waals surface area contributed by atoms with E-state index in [1.165, 1.54) is 17.5 Å². The first-order valence-corrected chi connectivity index (χ1v) is 10.1. The van der Waals surface area contributed by atoms with Crippen LogP contribution >= 0.6 is 0 Å². The second kappa shape index (κ2) is 9.74. The van der Waals surface area contributed by atoms with Crippen molar-refractivity contribution in [3.63, 3.8) is 0 Å². The molecule has 1 atom stereocenters. The Balaban J connectivity index is 1.43. The number of rotatable bonds is 6. The SMILES string of the molecule is CN=C(NCCCNC(=O)C1CCC1)N1CCOC(c2ccccc2C)C1. The van der Waals surface area contributed by atoms with Crippen molar-refractivity contribution in [1.82, 2.24) is 15.5 Å². The number of nitrogens with zero attached hydrogens (tertiary/aromatic N) is 2. The second-order valence-corrected chi connectivity index (χ2v) is 7.41. The van der Waals surface area contributed by atoms with Gasteiger partial charge in [0.2, 0.25) is 5.91 Å². The van der Waals surface area contributed by atoms with Gasteiger partial charge in [0.15, 0.2) is 5.96 Å². The van der Waals surface area contributed by atoms with Gasteiger partial charge in [-0.25, -0.2) is 0 Å². The van der Waals surface area contributed by atoms with Crippen molar-refractivity contribution in [1.29, 1.82) is 0 Å². The largest absolute Gasteiger partial charge is 0.370 e. The normalized spacial score (nSPS) is 20.9. The minimum Gasteiger partial charge on any atom is -0.370 e. The van der Waals surface area contributed by atoms with Gasteiger partial charge in [0.25, 0.3) is 0 Å². The summed E-state index contributed by atoms with van der Waals surface area (Å²) in [7, 11) is 1.82. The molecule has 1 aromatic rings. The smallest absolute Gasteiger partial charge is 0.223 e. The van der Waals surface area contributed by atoms with E-state index >= 15 is 0 Å². The molecule has 1 amide bonds. The zero-order valence-electron chi connectivity index (χ0n) is 16.5. The Morgan fingerprint density at radius 1 is 1.26 bits per heavy atom. The first-order valence-electron chi connectivity index (χ1n) is 10.1. The van der Waals surface area contributed by atoms with Crippen LogP contribution in [0.1, 0.15) is 42.9 Å². The zero-order chi connectivity index (χ0) is 19.1. The van der Waals surface area contributed by atoms with Crippen molar-refractivity contribution in [3.8, 4) is 0 Å². The number of hydrogen-bond donors (Lipinski definition) is 2. The first kappa shape index (κ1) is 19.7. The lowest BCUT2D eigenvalue weighted by molar-refractivity contribution is -0.127. The highest BCUT2D eigenvalue weighted by molar-refractivity contribution is 5.80. The van der Waals surface area contributed by atoms with Gasteiger partial charge in [-0.15, -0.1) is 0 Å². The fourth-order valence-electron chi connectivity index (χ4n) is 3.63. The third kappa shape index (κ3) is 5.22. The maximum absolute atomic E-state index is 11.8. The summed E-state index contributed by atoms with van der Waals surface area (Å²) in [6.07, 6.45) is 4.26. The average molecular weight is 373 g/mol. The Bertz CT molecular complexity index is 657. The van der Waals surface area contributed by atoms with E-state index < -0.39 is 0 Å². The highest BCUT2D eigenvalue weighted by Crippen LogP contribution is 2.26. The summed E-state index contributed by atoms with van der Waals surface area (Å²) in [6.45, 7) is 5.96. The van der Waals surface area contributed by atoms with Crippen molar-refractivity contribution in [2.24, 2.45) is 10.9 Å². The van der Waals surface area contributed by atoms with Crippen LogP contribution < -0.4 is 10.6 Å². The van der Waals surface area contributed by atoms with Gasteiger partial charge >= 0.3 is 0 Å². The molecule has 2 aliphatic rings. The van der Waals surface area contributed by atoms with Gasteiger partial charge in [0.1, 0.15) is 6.10 Å². The molecule has 1 aliphatic heterocycles.